The molecule has 0 bridgehead atoms. The van der Waals surface area contributed by atoms with Crippen LogP contribution in [0.25, 0.3) is 0 Å². The first-order valence-electron chi connectivity index (χ1n) is 3.51. The van der Waals surface area contributed by atoms with E-state index in [0.29, 0.717) is 25.7 Å². The van der Waals surface area contributed by atoms with Crippen LogP contribution in [0.5, 0.6) is 0 Å². The van der Waals surface area contributed by atoms with Gasteiger partial charge in [-0.05, 0) is 12.8 Å². The number of Topliss-reactive ketones (excluding diaryl/α,β-unsaturated/α-hetero) is 1. The standard InChI is InChI=1S/C7H12O3/c8-5-7(10)3-1-6(9)2-4-7/h8,10H,1-5H2. The van der Waals surface area contributed by atoms with Crippen molar-refractivity contribution in [1.29, 1.82) is 0 Å². The summed E-state index contributed by atoms with van der Waals surface area (Å²) in [5.74, 6) is 0.193. The second kappa shape index (κ2) is 2.68. The number of rotatable bonds is 1. The second-order valence-electron chi connectivity index (χ2n) is 2.92. The van der Waals surface area contributed by atoms with Crippen molar-refractivity contribution in [3.63, 3.8) is 0 Å². The van der Waals surface area contributed by atoms with Gasteiger partial charge in [-0.15, -0.1) is 0 Å². The highest BCUT2D eigenvalue weighted by Crippen LogP contribution is 2.24. The lowest BCUT2D eigenvalue weighted by molar-refractivity contribution is -0.127. The quantitative estimate of drug-likeness (QED) is 0.538. The van der Waals surface area contributed by atoms with Crippen molar-refractivity contribution >= 4 is 5.78 Å². The third-order valence-electron chi connectivity index (χ3n) is 2.03. The van der Waals surface area contributed by atoms with Gasteiger partial charge in [-0.25, -0.2) is 0 Å². The van der Waals surface area contributed by atoms with Crippen LogP contribution >= 0.6 is 0 Å². The normalized spacial score (nSPS) is 24.8. The number of carbonyl (C=O) groups excluding carboxylic acids is 1. The Labute approximate surface area is 59.7 Å². The molecular weight excluding hydrogens is 132 g/mol. The summed E-state index contributed by atoms with van der Waals surface area (Å²) >= 11 is 0. The number of hydrogen-bond acceptors (Lipinski definition) is 3. The molecule has 10 heavy (non-hydrogen) atoms. The first kappa shape index (κ1) is 7.69. The molecule has 0 heterocycles. The Balaban J connectivity index is 2.46. The molecule has 2 N–H and O–H groups in total. The van der Waals surface area contributed by atoms with E-state index in [0.717, 1.165) is 0 Å². The molecule has 1 aliphatic carbocycles. The summed E-state index contributed by atoms with van der Waals surface area (Å²) in [6, 6.07) is 0. The lowest BCUT2D eigenvalue weighted by atomic mass is 9.85. The molecule has 58 valence electrons. The maximum atomic E-state index is 10.7. The SMILES string of the molecule is O=C1CCC(O)(CO)CC1. The zero-order valence-electron chi connectivity index (χ0n) is 5.84. The van der Waals surface area contributed by atoms with E-state index in [1.54, 1.807) is 0 Å². The highest BCUT2D eigenvalue weighted by atomic mass is 16.3. The summed E-state index contributed by atoms with van der Waals surface area (Å²) in [6.45, 7) is -0.222. The molecule has 0 saturated heterocycles. The van der Waals surface area contributed by atoms with Crippen molar-refractivity contribution < 1.29 is 15.0 Å². The van der Waals surface area contributed by atoms with Crippen LogP contribution in [0.2, 0.25) is 0 Å². The van der Waals surface area contributed by atoms with Crippen molar-refractivity contribution in [2.45, 2.75) is 31.3 Å². The number of hydrogen-bond donors (Lipinski definition) is 2. The number of ketones is 1. The molecule has 0 aliphatic heterocycles. The second-order valence-corrected chi connectivity index (χ2v) is 2.92. The monoisotopic (exact) mass is 144 g/mol. The maximum Gasteiger partial charge on any atom is 0.133 e. The van der Waals surface area contributed by atoms with E-state index in [1.807, 2.05) is 0 Å². The van der Waals surface area contributed by atoms with Crippen molar-refractivity contribution in [2.75, 3.05) is 6.61 Å². The number of aliphatic hydroxyl groups is 2. The summed E-state index contributed by atoms with van der Waals surface area (Å²) in [5.41, 5.74) is -0.964. The Morgan fingerprint density at radius 1 is 1.40 bits per heavy atom. The van der Waals surface area contributed by atoms with Crippen molar-refractivity contribution in [3.05, 3.63) is 0 Å². The molecule has 0 unspecified atom stereocenters. The van der Waals surface area contributed by atoms with Gasteiger partial charge in [0.15, 0.2) is 0 Å². The zero-order valence-corrected chi connectivity index (χ0v) is 5.84. The molecule has 0 radical (unpaired) electrons. The fourth-order valence-electron chi connectivity index (χ4n) is 1.15. The summed E-state index contributed by atoms with van der Waals surface area (Å²) in [6.07, 6.45) is 1.67. The van der Waals surface area contributed by atoms with E-state index < -0.39 is 5.60 Å². The van der Waals surface area contributed by atoms with Crippen LogP contribution in [0.4, 0.5) is 0 Å². The highest BCUT2D eigenvalue weighted by molar-refractivity contribution is 5.79. The first-order chi connectivity index (χ1) is 4.66. The Morgan fingerprint density at radius 2 is 1.90 bits per heavy atom. The minimum atomic E-state index is -0.964. The van der Waals surface area contributed by atoms with Crippen LogP contribution < -0.4 is 0 Å². The molecule has 0 aromatic carbocycles. The first-order valence-corrected chi connectivity index (χ1v) is 3.51. The van der Waals surface area contributed by atoms with Gasteiger partial charge >= 0.3 is 0 Å². The third kappa shape index (κ3) is 1.55. The van der Waals surface area contributed by atoms with Crippen LogP contribution in [0.15, 0.2) is 0 Å². The predicted molar refractivity (Wildman–Crippen MR) is 35.5 cm³/mol. The predicted octanol–water partition coefficient (Wildman–Crippen LogP) is -0.147. The average Bonchev–Trinajstić information content (AvgIpc) is 1.96. The van der Waals surface area contributed by atoms with E-state index in [9.17, 15) is 9.90 Å². The lowest BCUT2D eigenvalue weighted by Gasteiger charge is -2.28. The van der Waals surface area contributed by atoms with E-state index in [4.69, 9.17) is 5.11 Å². The molecule has 0 atom stereocenters. The molecular formula is C7H12O3. The molecule has 3 heteroatoms. The van der Waals surface area contributed by atoms with Crippen molar-refractivity contribution in [3.8, 4) is 0 Å². The van der Waals surface area contributed by atoms with Crippen LogP contribution in [0.1, 0.15) is 25.7 Å². The largest absolute Gasteiger partial charge is 0.393 e. The summed E-state index contributed by atoms with van der Waals surface area (Å²) in [7, 11) is 0. The minimum absolute atomic E-state index is 0.193. The summed E-state index contributed by atoms with van der Waals surface area (Å²) in [5, 5.41) is 18.1. The van der Waals surface area contributed by atoms with Crippen LogP contribution in [0, 0.1) is 0 Å². The van der Waals surface area contributed by atoms with Crippen molar-refractivity contribution in [2.24, 2.45) is 0 Å². The van der Waals surface area contributed by atoms with Crippen molar-refractivity contribution in [1.82, 2.24) is 0 Å². The molecule has 1 aliphatic rings. The topological polar surface area (TPSA) is 57.5 Å². The average molecular weight is 144 g/mol. The Kier molecular flexibility index (Phi) is 2.06. The number of aliphatic hydroxyl groups excluding tert-OH is 1. The maximum absolute atomic E-state index is 10.7. The lowest BCUT2D eigenvalue weighted by Crippen LogP contribution is -2.37. The molecule has 1 saturated carbocycles. The smallest absolute Gasteiger partial charge is 0.133 e. The van der Waals surface area contributed by atoms with Crippen LogP contribution in [-0.4, -0.2) is 28.2 Å². The third-order valence-corrected chi connectivity index (χ3v) is 2.03. The summed E-state index contributed by atoms with van der Waals surface area (Å²) in [4.78, 5) is 10.7. The van der Waals surface area contributed by atoms with Gasteiger partial charge in [-0.3, -0.25) is 4.79 Å². The fraction of sp³-hybridized carbons (Fsp3) is 0.857. The van der Waals surface area contributed by atoms with Crippen LogP contribution in [-0.2, 0) is 4.79 Å². The van der Waals surface area contributed by atoms with Gasteiger partial charge in [0.25, 0.3) is 0 Å². The molecule has 1 fully saturated rings. The van der Waals surface area contributed by atoms with Gasteiger partial charge < -0.3 is 10.2 Å². The van der Waals surface area contributed by atoms with E-state index in [2.05, 4.69) is 0 Å². The zero-order chi connectivity index (χ0) is 7.61. The Hall–Kier alpha value is -0.410. The van der Waals surface area contributed by atoms with Gasteiger partial charge in [-0.1, -0.05) is 0 Å². The molecule has 0 spiro atoms. The Morgan fingerprint density at radius 3 is 2.30 bits per heavy atom. The van der Waals surface area contributed by atoms with E-state index >= 15 is 0 Å². The molecule has 0 amide bonds. The fourth-order valence-corrected chi connectivity index (χ4v) is 1.15. The van der Waals surface area contributed by atoms with Gasteiger partial charge in [-0.2, -0.15) is 0 Å². The van der Waals surface area contributed by atoms with Gasteiger partial charge in [0, 0.05) is 12.8 Å². The Bertz CT molecular complexity index is 132. The number of carbonyl (C=O) groups is 1. The van der Waals surface area contributed by atoms with Gasteiger partial charge in [0.2, 0.25) is 0 Å². The molecule has 0 aromatic rings. The van der Waals surface area contributed by atoms with Gasteiger partial charge in [0.1, 0.15) is 5.78 Å². The van der Waals surface area contributed by atoms with E-state index in [-0.39, 0.29) is 12.4 Å². The molecule has 1 rings (SSSR count). The minimum Gasteiger partial charge on any atom is -0.393 e. The van der Waals surface area contributed by atoms with E-state index in [1.165, 1.54) is 0 Å². The highest BCUT2D eigenvalue weighted by Gasteiger charge is 2.31. The molecule has 0 aromatic heterocycles. The summed E-state index contributed by atoms with van der Waals surface area (Å²) < 4.78 is 0. The van der Waals surface area contributed by atoms with Crippen LogP contribution in [0.3, 0.4) is 0 Å². The molecule has 3 nitrogen and oxygen atoms in total. The van der Waals surface area contributed by atoms with Gasteiger partial charge in [0.05, 0.1) is 12.2 Å².